The Hall–Kier alpha value is -3.01. The second kappa shape index (κ2) is 7.26. The van der Waals surface area contributed by atoms with Crippen molar-refractivity contribution in [2.24, 2.45) is 0 Å². The molecule has 0 aliphatic carbocycles. The third-order valence-electron chi connectivity index (χ3n) is 3.89. The van der Waals surface area contributed by atoms with Crippen LogP contribution in [0, 0.1) is 0 Å². The highest BCUT2D eigenvalue weighted by Crippen LogP contribution is 2.29. The summed E-state index contributed by atoms with van der Waals surface area (Å²) >= 11 is 0. The van der Waals surface area contributed by atoms with E-state index in [4.69, 9.17) is 9.15 Å². The molecule has 0 bridgehead atoms. The van der Waals surface area contributed by atoms with Crippen molar-refractivity contribution < 1.29 is 13.9 Å². The van der Waals surface area contributed by atoms with E-state index in [1.54, 1.807) is 12.1 Å². The summed E-state index contributed by atoms with van der Waals surface area (Å²) in [6.07, 6.45) is 3.32. The van der Waals surface area contributed by atoms with Crippen molar-refractivity contribution in [2.75, 3.05) is 25.6 Å². The number of fused-ring (bicyclic) bond motifs is 1. The zero-order chi connectivity index (χ0) is 17.8. The van der Waals surface area contributed by atoms with Gasteiger partial charge in [0.2, 0.25) is 5.78 Å². The van der Waals surface area contributed by atoms with Crippen molar-refractivity contribution in [2.45, 2.75) is 6.92 Å². The quantitative estimate of drug-likeness (QED) is 0.480. The van der Waals surface area contributed by atoms with E-state index < -0.39 is 0 Å². The van der Waals surface area contributed by atoms with Crippen LogP contribution in [0.2, 0.25) is 0 Å². The number of nitrogens with zero attached hydrogens (tertiary/aromatic N) is 1. The molecule has 0 radical (unpaired) electrons. The van der Waals surface area contributed by atoms with Gasteiger partial charge in [0, 0.05) is 25.2 Å². The summed E-state index contributed by atoms with van der Waals surface area (Å²) in [5, 5.41) is 0.859. The van der Waals surface area contributed by atoms with Gasteiger partial charge in [0.15, 0.2) is 17.1 Å². The van der Waals surface area contributed by atoms with Gasteiger partial charge < -0.3 is 14.1 Å². The SMILES string of the molecule is CCOc1cccc2cc(C(=O)C=Cc3ccc(N(C)C)cc3)oc12. The Morgan fingerprint density at radius 2 is 1.92 bits per heavy atom. The Balaban J connectivity index is 1.81. The minimum Gasteiger partial charge on any atom is -0.490 e. The molecule has 25 heavy (non-hydrogen) atoms. The molecule has 0 atom stereocenters. The monoisotopic (exact) mass is 335 g/mol. The van der Waals surface area contributed by atoms with Crippen molar-refractivity contribution in [3.05, 3.63) is 65.9 Å². The van der Waals surface area contributed by atoms with Crippen LogP contribution in [0.1, 0.15) is 23.0 Å². The average Bonchev–Trinajstić information content (AvgIpc) is 3.05. The van der Waals surface area contributed by atoms with Crippen LogP contribution in [0.5, 0.6) is 5.75 Å². The van der Waals surface area contributed by atoms with Crippen LogP contribution >= 0.6 is 0 Å². The molecule has 0 saturated heterocycles. The molecule has 1 aromatic heterocycles. The van der Waals surface area contributed by atoms with Gasteiger partial charge >= 0.3 is 0 Å². The van der Waals surface area contributed by atoms with Gasteiger partial charge in [0.25, 0.3) is 0 Å². The molecule has 128 valence electrons. The number of allylic oxidation sites excluding steroid dienone is 1. The van der Waals surface area contributed by atoms with Crippen LogP contribution in [-0.2, 0) is 0 Å². The predicted octanol–water partition coefficient (Wildman–Crippen LogP) is 4.79. The minimum atomic E-state index is -0.171. The minimum absolute atomic E-state index is 0.171. The lowest BCUT2D eigenvalue weighted by molar-refractivity contribution is 0.102. The van der Waals surface area contributed by atoms with Crippen molar-refractivity contribution in [3.63, 3.8) is 0 Å². The first-order valence-corrected chi connectivity index (χ1v) is 8.23. The van der Waals surface area contributed by atoms with Crippen LogP contribution < -0.4 is 9.64 Å². The van der Waals surface area contributed by atoms with E-state index in [1.165, 1.54) is 6.08 Å². The Bertz CT molecular complexity index is 905. The summed E-state index contributed by atoms with van der Waals surface area (Å²) in [7, 11) is 3.99. The zero-order valence-corrected chi connectivity index (χ0v) is 14.7. The number of carbonyl (C=O) groups is 1. The van der Waals surface area contributed by atoms with Crippen LogP contribution in [0.4, 0.5) is 5.69 Å². The second-order valence-corrected chi connectivity index (χ2v) is 5.90. The lowest BCUT2D eigenvalue weighted by atomic mass is 10.1. The fraction of sp³-hybridized carbons (Fsp3) is 0.190. The zero-order valence-electron chi connectivity index (χ0n) is 14.7. The molecule has 0 amide bonds. The molecule has 0 aliphatic rings. The molecule has 0 saturated carbocycles. The van der Waals surface area contributed by atoms with E-state index in [2.05, 4.69) is 0 Å². The van der Waals surface area contributed by atoms with Crippen molar-refractivity contribution >= 4 is 28.5 Å². The van der Waals surface area contributed by atoms with Gasteiger partial charge in [-0.25, -0.2) is 0 Å². The normalized spacial score (nSPS) is 11.2. The molecule has 3 rings (SSSR count). The smallest absolute Gasteiger partial charge is 0.221 e. The predicted molar refractivity (Wildman–Crippen MR) is 102 cm³/mol. The third kappa shape index (κ3) is 3.74. The molecule has 0 aliphatic heterocycles. The van der Waals surface area contributed by atoms with Gasteiger partial charge in [-0.2, -0.15) is 0 Å². The molecule has 0 unspecified atom stereocenters. The first-order chi connectivity index (χ1) is 12.1. The van der Waals surface area contributed by atoms with Crippen LogP contribution in [0.3, 0.4) is 0 Å². The number of anilines is 1. The van der Waals surface area contributed by atoms with E-state index in [-0.39, 0.29) is 5.78 Å². The summed E-state index contributed by atoms with van der Waals surface area (Å²) < 4.78 is 11.3. The van der Waals surface area contributed by atoms with Crippen LogP contribution in [0.25, 0.3) is 17.0 Å². The van der Waals surface area contributed by atoms with Gasteiger partial charge in [-0.3, -0.25) is 4.79 Å². The van der Waals surface area contributed by atoms with Crippen LogP contribution in [-0.4, -0.2) is 26.5 Å². The highest BCUT2D eigenvalue weighted by Gasteiger charge is 2.13. The lowest BCUT2D eigenvalue weighted by Gasteiger charge is -2.11. The summed E-state index contributed by atoms with van der Waals surface area (Å²) in [6, 6.07) is 15.4. The summed E-state index contributed by atoms with van der Waals surface area (Å²) in [5.41, 5.74) is 2.69. The number of furan rings is 1. The lowest BCUT2D eigenvalue weighted by Crippen LogP contribution is -2.07. The molecular weight excluding hydrogens is 314 g/mol. The Morgan fingerprint density at radius 1 is 1.16 bits per heavy atom. The largest absolute Gasteiger partial charge is 0.490 e. The summed E-state index contributed by atoms with van der Waals surface area (Å²) in [4.78, 5) is 14.4. The maximum Gasteiger partial charge on any atom is 0.221 e. The van der Waals surface area contributed by atoms with Gasteiger partial charge in [-0.1, -0.05) is 30.3 Å². The summed E-state index contributed by atoms with van der Waals surface area (Å²) in [6.45, 7) is 2.46. The number of benzene rings is 2. The molecule has 0 spiro atoms. The number of carbonyl (C=O) groups excluding carboxylic acids is 1. The number of hydrogen-bond donors (Lipinski definition) is 0. The molecule has 1 heterocycles. The first-order valence-electron chi connectivity index (χ1n) is 8.23. The van der Waals surface area contributed by atoms with E-state index in [9.17, 15) is 4.79 Å². The number of ketones is 1. The molecular formula is C21H21NO3. The molecule has 4 nitrogen and oxygen atoms in total. The third-order valence-corrected chi connectivity index (χ3v) is 3.89. The highest BCUT2D eigenvalue weighted by atomic mass is 16.5. The average molecular weight is 335 g/mol. The molecule has 0 fully saturated rings. The molecule has 0 N–H and O–H groups in total. The number of ether oxygens (including phenoxy) is 1. The first kappa shape index (κ1) is 16.8. The fourth-order valence-electron chi connectivity index (χ4n) is 2.56. The van der Waals surface area contributed by atoms with Gasteiger partial charge in [0.1, 0.15) is 0 Å². The van der Waals surface area contributed by atoms with Crippen molar-refractivity contribution in [1.29, 1.82) is 0 Å². The van der Waals surface area contributed by atoms with Gasteiger partial charge in [-0.15, -0.1) is 0 Å². The number of hydrogen-bond acceptors (Lipinski definition) is 4. The topological polar surface area (TPSA) is 42.7 Å². The van der Waals surface area contributed by atoms with E-state index in [0.29, 0.717) is 23.7 Å². The maximum atomic E-state index is 12.4. The van der Waals surface area contributed by atoms with Gasteiger partial charge in [0.05, 0.1) is 6.61 Å². The Kier molecular flexibility index (Phi) is 4.89. The molecule has 4 heteroatoms. The number of rotatable bonds is 6. The van der Waals surface area contributed by atoms with Crippen molar-refractivity contribution in [1.82, 2.24) is 0 Å². The van der Waals surface area contributed by atoms with Crippen molar-refractivity contribution in [3.8, 4) is 5.75 Å². The number of para-hydroxylation sites is 1. The summed E-state index contributed by atoms with van der Waals surface area (Å²) in [5.74, 6) is 0.793. The molecule has 2 aromatic carbocycles. The Morgan fingerprint density at radius 3 is 2.60 bits per heavy atom. The Labute approximate surface area is 147 Å². The second-order valence-electron chi connectivity index (χ2n) is 5.90. The van der Waals surface area contributed by atoms with Crippen LogP contribution in [0.15, 0.2) is 59.0 Å². The standard InChI is InChI=1S/C21H21NO3/c1-4-24-19-7-5-6-16-14-20(25-21(16)19)18(23)13-10-15-8-11-17(12-9-15)22(2)3/h5-14H,4H2,1-3H3. The maximum absolute atomic E-state index is 12.4. The van der Waals surface area contributed by atoms with E-state index in [1.807, 2.05) is 68.4 Å². The van der Waals surface area contributed by atoms with E-state index in [0.717, 1.165) is 16.6 Å². The fourth-order valence-corrected chi connectivity index (χ4v) is 2.56. The highest BCUT2D eigenvalue weighted by molar-refractivity contribution is 6.07. The van der Waals surface area contributed by atoms with E-state index >= 15 is 0 Å². The van der Waals surface area contributed by atoms with Gasteiger partial charge in [-0.05, 0) is 42.8 Å². The molecule has 3 aromatic rings.